The number of hydrogen-bond donors (Lipinski definition) is 0. The fourth-order valence-electron chi connectivity index (χ4n) is 2.16. The van der Waals surface area contributed by atoms with Gasteiger partial charge in [0.2, 0.25) is 0 Å². The highest BCUT2D eigenvalue weighted by Gasteiger charge is 2.16. The summed E-state index contributed by atoms with van der Waals surface area (Å²) in [4.78, 5) is 12.1. The van der Waals surface area contributed by atoms with E-state index in [0.717, 1.165) is 27.8 Å². The number of carbonyl (C=O) groups excluding carboxylic acids is 1. The molecular formula is C16H9F3OS. The first-order chi connectivity index (χ1) is 10.1. The van der Waals surface area contributed by atoms with Crippen LogP contribution in [0, 0.1) is 17.5 Å². The number of benzene rings is 2. The Bertz CT molecular complexity index is 815. The second kappa shape index (κ2) is 5.33. The fraction of sp³-hybridized carbons (Fsp3) is 0.0625. The van der Waals surface area contributed by atoms with Crippen LogP contribution in [0.4, 0.5) is 13.2 Å². The molecule has 106 valence electrons. The van der Waals surface area contributed by atoms with E-state index < -0.39 is 23.2 Å². The van der Waals surface area contributed by atoms with Crippen molar-refractivity contribution in [3.05, 3.63) is 70.4 Å². The SMILES string of the molecule is O=C(Cc1csc2ccccc12)c1cc(F)c(F)c(F)c1. The molecule has 1 aromatic heterocycles. The molecule has 0 saturated heterocycles. The van der Waals surface area contributed by atoms with E-state index in [-0.39, 0.29) is 12.0 Å². The molecular weight excluding hydrogens is 297 g/mol. The van der Waals surface area contributed by atoms with Crippen LogP contribution in [-0.4, -0.2) is 5.78 Å². The van der Waals surface area contributed by atoms with Gasteiger partial charge in [0.05, 0.1) is 0 Å². The van der Waals surface area contributed by atoms with Gasteiger partial charge in [0.1, 0.15) is 0 Å². The third-order valence-corrected chi connectivity index (χ3v) is 4.23. The topological polar surface area (TPSA) is 17.1 Å². The van der Waals surface area contributed by atoms with E-state index in [9.17, 15) is 18.0 Å². The first-order valence-electron chi connectivity index (χ1n) is 6.19. The van der Waals surface area contributed by atoms with Gasteiger partial charge in [-0.1, -0.05) is 18.2 Å². The Morgan fingerprint density at radius 3 is 2.43 bits per heavy atom. The van der Waals surface area contributed by atoms with Gasteiger partial charge in [0.15, 0.2) is 23.2 Å². The van der Waals surface area contributed by atoms with E-state index >= 15 is 0 Å². The van der Waals surface area contributed by atoms with Crippen molar-refractivity contribution in [2.75, 3.05) is 0 Å². The molecule has 3 rings (SSSR count). The highest BCUT2D eigenvalue weighted by Crippen LogP contribution is 2.27. The highest BCUT2D eigenvalue weighted by atomic mass is 32.1. The Morgan fingerprint density at radius 2 is 1.71 bits per heavy atom. The molecule has 0 atom stereocenters. The van der Waals surface area contributed by atoms with Crippen molar-refractivity contribution in [3.63, 3.8) is 0 Å². The molecule has 0 spiro atoms. The zero-order chi connectivity index (χ0) is 15.0. The summed E-state index contributed by atoms with van der Waals surface area (Å²) in [7, 11) is 0. The Morgan fingerprint density at radius 1 is 1.05 bits per heavy atom. The Hall–Kier alpha value is -2.14. The van der Waals surface area contributed by atoms with Crippen LogP contribution in [0.25, 0.3) is 10.1 Å². The van der Waals surface area contributed by atoms with E-state index in [4.69, 9.17) is 0 Å². The minimum atomic E-state index is -1.56. The van der Waals surface area contributed by atoms with Gasteiger partial charge in [0, 0.05) is 16.7 Å². The smallest absolute Gasteiger partial charge is 0.194 e. The molecule has 0 N–H and O–H groups in total. The maximum Gasteiger partial charge on any atom is 0.194 e. The lowest BCUT2D eigenvalue weighted by Crippen LogP contribution is -2.06. The van der Waals surface area contributed by atoms with Crippen LogP contribution in [0.1, 0.15) is 15.9 Å². The summed E-state index contributed by atoms with van der Waals surface area (Å²) in [5, 5.41) is 2.79. The average Bonchev–Trinajstić information content (AvgIpc) is 2.87. The van der Waals surface area contributed by atoms with Crippen molar-refractivity contribution in [2.45, 2.75) is 6.42 Å². The average molecular weight is 306 g/mol. The first-order valence-corrected chi connectivity index (χ1v) is 7.07. The summed E-state index contributed by atoms with van der Waals surface area (Å²) >= 11 is 1.50. The zero-order valence-electron chi connectivity index (χ0n) is 10.7. The van der Waals surface area contributed by atoms with E-state index in [1.807, 2.05) is 29.6 Å². The molecule has 0 radical (unpaired) electrons. The Labute approximate surface area is 122 Å². The van der Waals surface area contributed by atoms with Crippen LogP contribution in [0.5, 0.6) is 0 Å². The van der Waals surface area contributed by atoms with Crippen LogP contribution >= 0.6 is 11.3 Å². The molecule has 0 aliphatic rings. The molecule has 1 nitrogen and oxygen atoms in total. The Balaban J connectivity index is 1.93. The van der Waals surface area contributed by atoms with E-state index in [2.05, 4.69) is 0 Å². The number of fused-ring (bicyclic) bond motifs is 1. The lowest BCUT2D eigenvalue weighted by molar-refractivity contribution is 0.0992. The number of Topliss-reactive ketones (excluding diaryl/α,β-unsaturated/α-hetero) is 1. The highest BCUT2D eigenvalue weighted by molar-refractivity contribution is 7.17. The summed E-state index contributed by atoms with van der Waals surface area (Å²) in [6.45, 7) is 0. The molecule has 0 amide bonds. The molecule has 3 aromatic rings. The van der Waals surface area contributed by atoms with Crippen molar-refractivity contribution in [2.24, 2.45) is 0 Å². The van der Waals surface area contributed by atoms with E-state index in [1.54, 1.807) is 0 Å². The molecule has 0 fully saturated rings. The van der Waals surface area contributed by atoms with Crippen molar-refractivity contribution in [1.82, 2.24) is 0 Å². The molecule has 1 heterocycles. The molecule has 0 aliphatic carbocycles. The summed E-state index contributed by atoms with van der Waals surface area (Å²) in [5.74, 6) is -4.72. The number of rotatable bonds is 3. The minimum Gasteiger partial charge on any atom is -0.294 e. The molecule has 0 bridgehead atoms. The maximum absolute atomic E-state index is 13.2. The first kappa shape index (κ1) is 13.8. The van der Waals surface area contributed by atoms with Gasteiger partial charge in [0.25, 0.3) is 0 Å². The monoisotopic (exact) mass is 306 g/mol. The zero-order valence-corrected chi connectivity index (χ0v) is 11.5. The normalized spacial score (nSPS) is 11.0. The molecule has 5 heteroatoms. The summed E-state index contributed by atoms with van der Waals surface area (Å²) in [5.41, 5.74) is 0.632. The van der Waals surface area contributed by atoms with Crippen LogP contribution in [-0.2, 0) is 6.42 Å². The Kier molecular flexibility index (Phi) is 3.51. The van der Waals surface area contributed by atoms with Gasteiger partial charge in [-0.05, 0) is 34.5 Å². The van der Waals surface area contributed by atoms with Gasteiger partial charge < -0.3 is 0 Å². The van der Waals surface area contributed by atoms with Gasteiger partial charge in [-0.2, -0.15) is 0 Å². The van der Waals surface area contributed by atoms with E-state index in [1.165, 1.54) is 11.3 Å². The van der Waals surface area contributed by atoms with E-state index in [0.29, 0.717) is 0 Å². The quantitative estimate of drug-likeness (QED) is 0.504. The van der Waals surface area contributed by atoms with Crippen LogP contribution in [0.3, 0.4) is 0 Å². The van der Waals surface area contributed by atoms with Gasteiger partial charge >= 0.3 is 0 Å². The third-order valence-electron chi connectivity index (χ3n) is 3.22. The number of hydrogen-bond acceptors (Lipinski definition) is 2. The van der Waals surface area contributed by atoms with Gasteiger partial charge in [-0.3, -0.25) is 4.79 Å². The molecule has 0 aliphatic heterocycles. The standard InChI is InChI=1S/C16H9F3OS/c17-12-5-9(6-13(18)16(12)19)14(20)7-10-8-21-15-4-2-1-3-11(10)15/h1-6,8H,7H2. The second-order valence-corrected chi connectivity index (χ2v) is 5.52. The third kappa shape index (κ3) is 2.56. The van der Waals surface area contributed by atoms with Crippen LogP contribution < -0.4 is 0 Å². The predicted octanol–water partition coefficient (Wildman–Crippen LogP) is 4.74. The number of halogens is 3. The molecule has 2 aromatic carbocycles. The van der Waals surface area contributed by atoms with Crippen LogP contribution in [0.15, 0.2) is 41.8 Å². The van der Waals surface area contributed by atoms with Crippen molar-refractivity contribution in [1.29, 1.82) is 0 Å². The summed E-state index contributed by atoms with van der Waals surface area (Å²) < 4.78 is 40.3. The van der Waals surface area contributed by atoms with Gasteiger partial charge in [-0.25, -0.2) is 13.2 Å². The number of ketones is 1. The molecule has 0 saturated carbocycles. The summed E-state index contributed by atoms with van der Waals surface area (Å²) in [6, 6.07) is 9.05. The molecule has 21 heavy (non-hydrogen) atoms. The van der Waals surface area contributed by atoms with Crippen LogP contribution in [0.2, 0.25) is 0 Å². The lowest BCUT2D eigenvalue weighted by atomic mass is 10.0. The minimum absolute atomic E-state index is 0.0223. The van der Waals surface area contributed by atoms with Crippen molar-refractivity contribution in [3.8, 4) is 0 Å². The lowest BCUT2D eigenvalue weighted by Gasteiger charge is -2.03. The molecule has 0 unspecified atom stereocenters. The second-order valence-electron chi connectivity index (χ2n) is 4.61. The number of thiophene rings is 1. The maximum atomic E-state index is 13.2. The number of carbonyl (C=O) groups is 1. The van der Waals surface area contributed by atoms with Crippen molar-refractivity contribution < 1.29 is 18.0 Å². The predicted molar refractivity (Wildman–Crippen MR) is 76.2 cm³/mol. The summed E-state index contributed by atoms with van der Waals surface area (Å²) in [6.07, 6.45) is 0.0223. The largest absolute Gasteiger partial charge is 0.294 e. The fourth-order valence-corrected chi connectivity index (χ4v) is 3.12. The van der Waals surface area contributed by atoms with Crippen molar-refractivity contribution >= 4 is 27.2 Å². The van der Waals surface area contributed by atoms with Gasteiger partial charge in [-0.15, -0.1) is 11.3 Å².